The molecule has 4 aliphatic carbocycles. The molecule has 0 aromatic heterocycles. The molecule has 118 valence electrons. The third kappa shape index (κ3) is 1.77. The lowest BCUT2D eigenvalue weighted by Gasteiger charge is -2.60. The van der Waals surface area contributed by atoms with Crippen molar-refractivity contribution >= 4 is 0 Å². The van der Waals surface area contributed by atoms with Gasteiger partial charge in [-0.3, -0.25) is 0 Å². The van der Waals surface area contributed by atoms with E-state index in [-0.39, 0.29) is 0 Å². The van der Waals surface area contributed by atoms with Gasteiger partial charge >= 0.3 is 0 Å². The van der Waals surface area contributed by atoms with Gasteiger partial charge in [0.25, 0.3) is 0 Å². The third-order valence-electron chi connectivity index (χ3n) is 9.04. The van der Waals surface area contributed by atoms with E-state index >= 15 is 0 Å². The van der Waals surface area contributed by atoms with E-state index in [2.05, 4.69) is 34.6 Å². The van der Waals surface area contributed by atoms with Gasteiger partial charge in [-0.2, -0.15) is 0 Å². The van der Waals surface area contributed by atoms with Crippen molar-refractivity contribution in [1.29, 1.82) is 0 Å². The monoisotopic (exact) mass is 287 g/mol. The number of rotatable bonds is 1. The summed E-state index contributed by atoms with van der Waals surface area (Å²) in [5.74, 6) is 7.92. The third-order valence-corrected chi connectivity index (χ3v) is 9.04. The van der Waals surface area contributed by atoms with Gasteiger partial charge in [0.1, 0.15) is 5.92 Å². The predicted molar refractivity (Wildman–Crippen MR) is 89.7 cm³/mol. The molecular weight excluding hydrogens is 252 g/mol. The zero-order valence-electron chi connectivity index (χ0n) is 14.9. The molecule has 0 N–H and O–H groups in total. The normalized spacial score (nSPS) is 58.7. The Morgan fingerprint density at radius 3 is 2.33 bits per heavy atom. The Kier molecular flexibility index (Phi) is 3.07. The number of hydrogen-bond acceptors (Lipinski definition) is 0. The molecule has 4 saturated carbocycles. The van der Waals surface area contributed by atoms with Crippen LogP contribution < -0.4 is 0 Å². The lowest BCUT2D eigenvalue weighted by atomic mass is 9.45. The van der Waals surface area contributed by atoms with Gasteiger partial charge in [-0.1, -0.05) is 27.2 Å². The second kappa shape index (κ2) is 4.45. The van der Waals surface area contributed by atoms with E-state index in [0.29, 0.717) is 5.41 Å². The first-order valence-electron chi connectivity index (χ1n) is 9.67. The average molecular weight is 288 g/mol. The summed E-state index contributed by atoms with van der Waals surface area (Å²) in [4.78, 5) is 0. The van der Waals surface area contributed by atoms with Gasteiger partial charge in [-0.05, 0) is 73.0 Å². The summed E-state index contributed by atoms with van der Waals surface area (Å²) in [5.41, 5.74) is 1.38. The van der Waals surface area contributed by atoms with Crippen LogP contribution in [0, 0.1) is 52.3 Å². The van der Waals surface area contributed by atoms with E-state index in [1.165, 1.54) is 32.1 Å². The summed E-state index contributed by atoms with van der Waals surface area (Å²) >= 11 is 0. The first kappa shape index (κ1) is 14.5. The van der Waals surface area contributed by atoms with E-state index in [9.17, 15) is 0 Å². The molecule has 4 rings (SSSR count). The maximum absolute atomic E-state index is 2.68. The predicted octanol–water partition coefficient (Wildman–Crippen LogP) is 6.12. The number of hydrogen-bond donors (Lipinski definition) is 0. The number of fused-ring (bicyclic) bond motifs is 5. The van der Waals surface area contributed by atoms with Crippen LogP contribution in [0.4, 0.5) is 0 Å². The van der Waals surface area contributed by atoms with Crippen LogP contribution in [0.3, 0.4) is 0 Å². The second-order valence-electron chi connectivity index (χ2n) is 10.1. The van der Waals surface area contributed by atoms with E-state index in [0.717, 1.165) is 40.9 Å². The summed E-state index contributed by atoms with van der Waals surface area (Å²) in [7, 11) is 0. The molecule has 0 heterocycles. The van der Waals surface area contributed by atoms with Gasteiger partial charge < -0.3 is 0 Å². The Balaban J connectivity index is 1.63. The minimum atomic E-state index is 0.664. The summed E-state index contributed by atoms with van der Waals surface area (Å²) in [6, 6.07) is 0. The molecule has 0 aromatic rings. The summed E-state index contributed by atoms with van der Waals surface area (Å²) in [6.45, 7) is 12.7. The molecule has 21 heavy (non-hydrogen) atoms. The van der Waals surface area contributed by atoms with Gasteiger partial charge in [-0.15, -0.1) is 0 Å². The maximum Gasteiger partial charge on any atom is 0.103 e. The van der Waals surface area contributed by atoms with Crippen molar-refractivity contribution in [3.8, 4) is 0 Å². The standard InChI is InChI=1S/C21H35/c1-13(2)15-8-10-20(4)12-18-19-14(3)6-7-17(19)21(18,5)11-9-16(15)20/h14-19H,6-12H2,1-5H3/q+1. The van der Waals surface area contributed by atoms with Crippen LogP contribution in [0.15, 0.2) is 0 Å². The van der Waals surface area contributed by atoms with Crippen molar-refractivity contribution in [2.24, 2.45) is 46.3 Å². The van der Waals surface area contributed by atoms with Gasteiger partial charge in [0.05, 0.1) is 19.8 Å². The van der Waals surface area contributed by atoms with Crippen LogP contribution in [0.2, 0.25) is 0 Å². The maximum atomic E-state index is 2.68. The minimum absolute atomic E-state index is 0.664. The topological polar surface area (TPSA) is 0 Å². The van der Waals surface area contributed by atoms with Crippen LogP contribution >= 0.6 is 0 Å². The Hall–Kier alpha value is -0.130. The molecule has 8 atom stereocenters. The van der Waals surface area contributed by atoms with Crippen molar-refractivity contribution in [2.45, 2.75) is 79.6 Å². The molecule has 0 nitrogen and oxygen atoms in total. The van der Waals surface area contributed by atoms with Crippen LogP contribution in [-0.2, 0) is 0 Å². The lowest BCUT2D eigenvalue weighted by Crippen LogP contribution is -2.54. The molecule has 0 aliphatic heterocycles. The highest BCUT2D eigenvalue weighted by Crippen LogP contribution is 2.73. The van der Waals surface area contributed by atoms with Gasteiger partial charge in [-0.25, -0.2) is 0 Å². The van der Waals surface area contributed by atoms with Gasteiger partial charge in [0.2, 0.25) is 0 Å². The van der Waals surface area contributed by atoms with Gasteiger partial charge in [0, 0.05) is 5.92 Å². The summed E-state index contributed by atoms with van der Waals surface area (Å²) < 4.78 is 0. The molecule has 0 amide bonds. The molecule has 0 aromatic carbocycles. The van der Waals surface area contributed by atoms with Crippen molar-refractivity contribution in [2.75, 3.05) is 0 Å². The van der Waals surface area contributed by atoms with Crippen LogP contribution in [0.25, 0.3) is 0 Å². The first-order chi connectivity index (χ1) is 9.87. The lowest BCUT2D eigenvalue weighted by molar-refractivity contribution is -0.120. The van der Waals surface area contributed by atoms with E-state index in [4.69, 9.17) is 0 Å². The molecule has 0 radical (unpaired) electrons. The smallest absolute Gasteiger partial charge is 0.0622 e. The first-order valence-corrected chi connectivity index (χ1v) is 9.67. The fraction of sp³-hybridized carbons (Fsp3) is 0.952. The quantitative estimate of drug-likeness (QED) is 0.510. The molecule has 0 bridgehead atoms. The van der Waals surface area contributed by atoms with Gasteiger partial charge in [0.15, 0.2) is 0 Å². The van der Waals surface area contributed by atoms with Crippen LogP contribution in [0.5, 0.6) is 0 Å². The molecule has 8 unspecified atom stereocenters. The molecule has 4 fully saturated rings. The Bertz CT molecular complexity index is 424. The Labute approximate surface area is 132 Å². The summed E-state index contributed by atoms with van der Waals surface area (Å²) in [5, 5.41) is 0. The molecule has 0 heteroatoms. The largest absolute Gasteiger partial charge is 0.103 e. The van der Waals surface area contributed by atoms with Crippen molar-refractivity contribution in [1.82, 2.24) is 0 Å². The molecule has 0 spiro atoms. The second-order valence-corrected chi connectivity index (χ2v) is 10.1. The highest BCUT2D eigenvalue weighted by Gasteiger charge is 2.66. The van der Waals surface area contributed by atoms with Crippen molar-refractivity contribution < 1.29 is 0 Å². The molecule has 0 saturated heterocycles. The van der Waals surface area contributed by atoms with E-state index < -0.39 is 0 Å². The van der Waals surface area contributed by atoms with Crippen molar-refractivity contribution in [3.63, 3.8) is 0 Å². The van der Waals surface area contributed by atoms with Crippen LogP contribution in [-0.4, -0.2) is 0 Å². The zero-order chi connectivity index (χ0) is 15.0. The van der Waals surface area contributed by atoms with Crippen molar-refractivity contribution in [3.05, 3.63) is 5.92 Å². The Morgan fingerprint density at radius 2 is 1.62 bits per heavy atom. The highest BCUT2D eigenvalue weighted by atomic mass is 14.7. The van der Waals surface area contributed by atoms with Crippen LogP contribution in [0.1, 0.15) is 79.6 Å². The Morgan fingerprint density at radius 1 is 0.857 bits per heavy atom. The summed E-state index contributed by atoms with van der Waals surface area (Å²) in [6.07, 6.45) is 10.7. The fourth-order valence-corrected chi connectivity index (χ4v) is 7.83. The minimum Gasteiger partial charge on any atom is -0.0622 e. The molecule has 4 aliphatic rings. The zero-order valence-corrected chi connectivity index (χ0v) is 14.9. The average Bonchev–Trinajstić information content (AvgIpc) is 2.91. The molecular formula is C21H35+. The van der Waals surface area contributed by atoms with E-state index in [1.54, 1.807) is 18.8 Å². The van der Waals surface area contributed by atoms with E-state index in [1.807, 2.05) is 0 Å². The SMILES string of the molecule is C[C+](C)C1CCC2(C)CC3C4C(C)CCC4C3(C)CCC12. The fourth-order valence-electron chi connectivity index (χ4n) is 7.83. The highest BCUT2D eigenvalue weighted by molar-refractivity contribution is 5.15.